The second-order valence-electron chi connectivity index (χ2n) is 11.0. The molecule has 8 rings (SSSR count). The zero-order chi connectivity index (χ0) is 25.9. The van der Waals surface area contributed by atoms with E-state index < -0.39 is 0 Å². The van der Waals surface area contributed by atoms with Gasteiger partial charge >= 0.3 is 0 Å². The maximum absolute atomic E-state index is 3.70. The summed E-state index contributed by atoms with van der Waals surface area (Å²) in [5.74, 6) is 0.435. The van der Waals surface area contributed by atoms with E-state index in [1.165, 1.54) is 66.2 Å². The van der Waals surface area contributed by atoms with Crippen LogP contribution in [0.3, 0.4) is 0 Å². The van der Waals surface area contributed by atoms with E-state index in [2.05, 4.69) is 138 Å². The third-order valence-electron chi connectivity index (χ3n) is 8.80. The Morgan fingerprint density at radius 3 is 2.05 bits per heavy atom. The number of aromatic amines is 1. The molecule has 2 unspecified atom stereocenters. The molecule has 0 amide bonds. The molecule has 6 aromatic rings. The second kappa shape index (κ2) is 8.74. The summed E-state index contributed by atoms with van der Waals surface area (Å²) in [6, 6.07) is 35.7. The minimum Gasteiger partial charge on any atom is -0.355 e. The summed E-state index contributed by atoms with van der Waals surface area (Å²) in [6.45, 7) is 2.38. The topological polar surface area (TPSA) is 20.7 Å². The van der Waals surface area contributed by atoms with Crippen molar-refractivity contribution in [2.75, 3.05) is 0 Å². The quantitative estimate of drug-likeness (QED) is 0.249. The highest BCUT2D eigenvalue weighted by Gasteiger charge is 2.28. The van der Waals surface area contributed by atoms with Crippen molar-refractivity contribution in [3.8, 4) is 0 Å². The van der Waals surface area contributed by atoms with Crippen molar-refractivity contribution in [3.05, 3.63) is 138 Å². The summed E-state index contributed by atoms with van der Waals surface area (Å²) in [5, 5.41) is 4.00. The molecule has 1 N–H and O–H groups in total. The number of rotatable bonds is 3. The van der Waals surface area contributed by atoms with E-state index in [9.17, 15) is 0 Å². The molecule has 188 valence electrons. The molecule has 0 saturated heterocycles. The minimum absolute atomic E-state index is 0.226. The highest BCUT2D eigenvalue weighted by Crippen LogP contribution is 2.45. The number of fused-ring (bicyclic) bond motifs is 6. The number of para-hydroxylation sites is 3. The molecule has 2 aliphatic rings. The van der Waals surface area contributed by atoms with E-state index in [1.54, 1.807) is 0 Å². The van der Waals surface area contributed by atoms with Gasteiger partial charge in [-0.15, -0.1) is 0 Å². The lowest BCUT2D eigenvalue weighted by atomic mass is 9.79. The Balaban J connectivity index is 1.31. The third-order valence-corrected chi connectivity index (χ3v) is 8.80. The first-order valence-electron chi connectivity index (χ1n) is 14.0. The van der Waals surface area contributed by atoms with Crippen LogP contribution < -0.4 is 0 Å². The zero-order valence-electron chi connectivity index (χ0n) is 22.1. The smallest absolute Gasteiger partial charge is 0.0632 e. The number of H-pyrrole nitrogens is 1. The number of allylic oxidation sites excluding steroid dienone is 5. The van der Waals surface area contributed by atoms with Crippen LogP contribution in [0.2, 0.25) is 0 Å². The van der Waals surface area contributed by atoms with E-state index in [0.717, 1.165) is 12.8 Å². The van der Waals surface area contributed by atoms with Crippen LogP contribution in [0.25, 0.3) is 49.9 Å². The SMILES string of the molecule is CC1Cc2c([nH]c3ccccc23)C=C1c1ccccc1C1=CC=CCC1n1c2ccccc2c2ccccc21. The van der Waals surface area contributed by atoms with E-state index in [4.69, 9.17) is 0 Å². The molecule has 39 heavy (non-hydrogen) atoms. The molecule has 0 radical (unpaired) electrons. The van der Waals surface area contributed by atoms with E-state index >= 15 is 0 Å². The first-order valence-corrected chi connectivity index (χ1v) is 14.0. The van der Waals surface area contributed by atoms with Gasteiger partial charge in [0.2, 0.25) is 0 Å². The normalized spacial score (nSPS) is 18.9. The summed E-state index contributed by atoms with van der Waals surface area (Å²) in [7, 11) is 0. The molecule has 2 heteroatoms. The van der Waals surface area contributed by atoms with Gasteiger partial charge in [0.05, 0.1) is 6.04 Å². The maximum Gasteiger partial charge on any atom is 0.0632 e. The molecular weight excluding hydrogens is 472 g/mol. The average molecular weight is 503 g/mol. The molecular formula is C37H30N2. The van der Waals surface area contributed by atoms with Gasteiger partial charge in [-0.1, -0.05) is 104 Å². The van der Waals surface area contributed by atoms with Gasteiger partial charge < -0.3 is 9.55 Å². The van der Waals surface area contributed by atoms with Crippen LogP contribution >= 0.6 is 0 Å². The van der Waals surface area contributed by atoms with Gasteiger partial charge in [-0.05, 0) is 70.9 Å². The maximum atomic E-state index is 3.70. The highest BCUT2D eigenvalue weighted by molar-refractivity contribution is 6.08. The Morgan fingerprint density at radius 2 is 1.31 bits per heavy atom. The molecule has 2 aromatic heterocycles. The van der Waals surface area contributed by atoms with Crippen molar-refractivity contribution in [3.63, 3.8) is 0 Å². The lowest BCUT2D eigenvalue weighted by molar-refractivity contribution is 0.665. The Bertz CT molecular complexity index is 1940. The monoisotopic (exact) mass is 502 g/mol. The van der Waals surface area contributed by atoms with Gasteiger partial charge in [0.15, 0.2) is 0 Å². The number of nitrogens with zero attached hydrogens (tertiary/aromatic N) is 1. The fourth-order valence-corrected chi connectivity index (χ4v) is 7.03. The lowest BCUT2D eigenvalue weighted by Crippen LogP contribution is -2.15. The molecule has 0 saturated carbocycles. The Labute approximate surface area is 228 Å². The van der Waals surface area contributed by atoms with Crippen LogP contribution in [0.1, 0.15) is 41.8 Å². The number of hydrogen-bond acceptors (Lipinski definition) is 0. The first kappa shape index (κ1) is 22.4. The van der Waals surface area contributed by atoms with Gasteiger partial charge in [0.25, 0.3) is 0 Å². The molecule has 2 heterocycles. The van der Waals surface area contributed by atoms with Crippen molar-refractivity contribution in [2.45, 2.75) is 25.8 Å². The first-order chi connectivity index (χ1) is 19.3. The predicted molar refractivity (Wildman–Crippen MR) is 166 cm³/mol. The molecule has 0 fully saturated rings. The van der Waals surface area contributed by atoms with Crippen molar-refractivity contribution in [2.24, 2.45) is 5.92 Å². The van der Waals surface area contributed by atoms with Crippen LogP contribution in [0.15, 0.2) is 115 Å². The minimum atomic E-state index is 0.226. The molecule has 0 bridgehead atoms. The number of aromatic nitrogens is 2. The van der Waals surface area contributed by atoms with Crippen LogP contribution in [-0.2, 0) is 6.42 Å². The van der Waals surface area contributed by atoms with Crippen LogP contribution in [0, 0.1) is 5.92 Å². The van der Waals surface area contributed by atoms with Gasteiger partial charge in [-0.2, -0.15) is 0 Å². The van der Waals surface area contributed by atoms with Crippen molar-refractivity contribution >= 4 is 49.9 Å². The molecule has 2 aliphatic carbocycles. The van der Waals surface area contributed by atoms with Crippen molar-refractivity contribution < 1.29 is 0 Å². The van der Waals surface area contributed by atoms with Gasteiger partial charge in [-0.3, -0.25) is 0 Å². The third kappa shape index (κ3) is 3.41. The van der Waals surface area contributed by atoms with E-state index in [1.807, 2.05) is 0 Å². The Morgan fingerprint density at radius 1 is 0.692 bits per heavy atom. The number of nitrogens with one attached hydrogen (secondary N) is 1. The predicted octanol–water partition coefficient (Wildman–Crippen LogP) is 9.59. The van der Waals surface area contributed by atoms with Crippen LogP contribution in [0.5, 0.6) is 0 Å². The fraction of sp³-hybridized carbons (Fsp3) is 0.135. The van der Waals surface area contributed by atoms with E-state index in [0.29, 0.717) is 5.92 Å². The number of hydrogen-bond donors (Lipinski definition) is 1. The fourth-order valence-electron chi connectivity index (χ4n) is 7.03. The zero-order valence-corrected chi connectivity index (χ0v) is 22.1. The Hall–Kier alpha value is -4.56. The highest BCUT2D eigenvalue weighted by atomic mass is 15.0. The molecule has 2 atom stereocenters. The average Bonchev–Trinajstić information content (AvgIpc) is 3.52. The molecule has 4 aromatic carbocycles. The summed E-state index contributed by atoms with van der Waals surface area (Å²) in [5.41, 5.74) is 12.0. The van der Waals surface area contributed by atoms with Crippen LogP contribution in [-0.4, -0.2) is 9.55 Å². The summed E-state index contributed by atoms with van der Waals surface area (Å²) >= 11 is 0. The standard InChI is InChI=1S/C37H30N2/c1-24-22-32-27-14-4-8-18-33(27)38-34(32)23-31(24)26-13-3-2-12-25(26)28-15-5-9-19-35(28)39-36-20-10-6-16-29(36)30-17-7-11-21-37(30)39/h2-18,20-21,23-24,35,38H,19,22H2,1H3. The largest absolute Gasteiger partial charge is 0.355 e. The molecule has 0 spiro atoms. The summed E-state index contributed by atoms with van der Waals surface area (Å²) in [4.78, 5) is 3.70. The van der Waals surface area contributed by atoms with Crippen molar-refractivity contribution in [1.29, 1.82) is 0 Å². The van der Waals surface area contributed by atoms with Gasteiger partial charge in [-0.25, -0.2) is 0 Å². The number of benzene rings is 4. The van der Waals surface area contributed by atoms with Crippen molar-refractivity contribution in [1.82, 2.24) is 9.55 Å². The van der Waals surface area contributed by atoms with E-state index in [-0.39, 0.29) is 6.04 Å². The second-order valence-corrected chi connectivity index (χ2v) is 11.0. The van der Waals surface area contributed by atoms with Gasteiger partial charge in [0, 0.05) is 38.4 Å². The molecule has 0 aliphatic heterocycles. The molecule has 2 nitrogen and oxygen atoms in total. The Kier molecular flexibility index (Phi) is 5.03. The lowest BCUT2D eigenvalue weighted by Gasteiger charge is -2.29. The van der Waals surface area contributed by atoms with Gasteiger partial charge in [0.1, 0.15) is 0 Å². The summed E-state index contributed by atoms with van der Waals surface area (Å²) in [6.07, 6.45) is 11.3. The van der Waals surface area contributed by atoms with Crippen LogP contribution in [0.4, 0.5) is 0 Å². The summed E-state index contributed by atoms with van der Waals surface area (Å²) < 4.78 is 2.57.